The first-order valence-electron chi connectivity index (χ1n) is 15.8. The molecule has 1 aliphatic rings. The molecule has 0 saturated carbocycles. The monoisotopic (exact) mass is 726 g/mol. The van der Waals surface area contributed by atoms with Crippen LogP contribution < -0.4 is 10.4 Å². The third kappa shape index (κ3) is 8.56. The molecule has 0 saturated heterocycles. The molecule has 5 aromatic rings. The largest absolute Gasteiger partial charge is 0.184 e. The molecule has 1 heterocycles. The molecule has 0 aliphatic carbocycles. The number of rotatable bonds is 2. The molecule has 4 heteroatoms. The molecule has 0 unspecified atom stereocenters. The molecule has 0 N–H and O–H groups in total. The third-order valence-electron chi connectivity index (χ3n) is 8.45. The first-order valence-corrected chi connectivity index (χ1v) is 23.1. The fourth-order valence-corrected chi connectivity index (χ4v) is 7.16. The molecule has 0 fully saturated rings. The Kier molecular flexibility index (Phi) is 11.6. The van der Waals surface area contributed by atoms with Gasteiger partial charge in [-0.25, -0.2) is 0 Å². The van der Waals surface area contributed by atoms with Gasteiger partial charge < -0.3 is 0 Å². The Balaban J connectivity index is 0.000000236. The number of hydrogen-bond donors (Lipinski definition) is 0. The normalized spacial score (nSPS) is 12.4. The van der Waals surface area contributed by atoms with E-state index in [0.717, 1.165) is 15.9 Å². The van der Waals surface area contributed by atoms with Crippen LogP contribution in [0.5, 0.6) is 0 Å². The Bertz CT molecular complexity index is 1680. The number of aryl methyl sites for hydroxylation is 1. The van der Waals surface area contributed by atoms with Crippen LogP contribution in [0.15, 0.2) is 84.9 Å². The summed E-state index contributed by atoms with van der Waals surface area (Å²) in [5, 5.41) is 5.59. The van der Waals surface area contributed by atoms with Gasteiger partial charge in [-0.1, -0.05) is 134 Å². The van der Waals surface area contributed by atoms with Gasteiger partial charge in [0.25, 0.3) is 0 Å². The Hall–Kier alpha value is -1.83. The standard InChI is InChI=1S/C29H39.C12H7Si.2ClH.Zr/c1-11-19-14-20-12-13-25(29(8,9)10)26(24(20)15-19)21-16-22(27(2,3)4)18-23(17-21)28(5,6)7;1-3-7-11-9(5-1)10-6-2-4-8-12(10)13-11;;;/h12-18H,11H2,1-10H3;1-7H;2*1H;/q2*-1;;;+4/p-2. The van der Waals surface area contributed by atoms with Crippen molar-refractivity contribution in [3.05, 3.63) is 113 Å². The van der Waals surface area contributed by atoms with Crippen molar-refractivity contribution in [1.82, 2.24) is 0 Å². The van der Waals surface area contributed by atoms with E-state index in [-0.39, 0.29) is 16.2 Å². The predicted molar refractivity (Wildman–Crippen MR) is 198 cm³/mol. The molecule has 0 spiro atoms. The molecule has 5 aromatic carbocycles. The van der Waals surface area contributed by atoms with Crippen molar-refractivity contribution < 1.29 is 20.8 Å². The van der Waals surface area contributed by atoms with Crippen LogP contribution in [0.4, 0.5) is 0 Å². The van der Waals surface area contributed by atoms with Crippen LogP contribution in [0, 0.1) is 6.07 Å². The van der Waals surface area contributed by atoms with E-state index in [2.05, 4.69) is 154 Å². The van der Waals surface area contributed by atoms with Crippen molar-refractivity contribution in [3.8, 4) is 22.3 Å². The molecule has 0 bridgehead atoms. The van der Waals surface area contributed by atoms with E-state index in [1.165, 1.54) is 65.7 Å². The van der Waals surface area contributed by atoms with E-state index in [1.54, 1.807) is 0 Å². The zero-order valence-corrected chi connectivity index (χ0v) is 33.5. The van der Waals surface area contributed by atoms with Crippen molar-refractivity contribution in [2.45, 2.75) is 91.9 Å². The average molecular weight is 729 g/mol. The summed E-state index contributed by atoms with van der Waals surface area (Å²) in [5.41, 5.74) is 11.6. The molecule has 0 aromatic heterocycles. The minimum absolute atomic E-state index is 0.0901. The van der Waals surface area contributed by atoms with Gasteiger partial charge in [-0.3, -0.25) is 0 Å². The summed E-state index contributed by atoms with van der Waals surface area (Å²) >= 11 is -0.826. The SMILES string of the molecule is CCc1cc2c(-c3cc(C(C)(C)C)cc(C(C)(C)C)c3)c(C(C)(C)C)ccc2[cH-]1.[Cl][Zr+2][Cl].[c-]1cccc2c1[Si]c1ccccc1-2. The van der Waals surface area contributed by atoms with Crippen LogP contribution in [-0.4, -0.2) is 9.52 Å². The quantitative estimate of drug-likeness (QED) is 0.123. The van der Waals surface area contributed by atoms with Gasteiger partial charge in [0.2, 0.25) is 0 Å². The zero-order chi connectivity index (χ0) is 33.2. The predicted octanol–water partition coefficient (Wildman–Crippen LogP) is 11.2. The van der Waals surface area contributed by atoms with Gasteiger partial charge in [0, 0.05) is 0 Å². The number of fused-ring (bicyclic) bond motifs is 4. The number of halogens is 2. The zero-order valence-electron chi connectivity index (χ0n) is 28.5. The van der Waals surface area contributed by atoms with Crippen LogP contribution in [0.2, 0.25) is 0 Å². The molecule has 1 aliphatic heterocycles. The summed E-state index contributed by atoms with van der Waals surface area (Å²) in [6.07, 6.45) is 1.08. The van der Waals surface area contributed by atoms with Crippen LogP contribution in [0.1, 0.15) is 91.5 Å². The summed E-state index contributed by atoms with van der Waals surface area (Å²) in [4.78, 5) is 0. The Morgan fingerprint density at radius 2 is 1.33 bits per heavy atom. The van der Waals surface area contributed by atoms with Gasteiger partial charge >= 0.3 is 37.9 Å². The van der Waals surface area contributed by atoms with Gasteiger partial charge in [-0.15, -0.1) is 40.1 Å². The van der Waals surface area contributed by atoms with E-state index >= 15 is 0 Å². The molecule has 2 radical (unpaired) electrons. The van der Waals surface area contributed by atoms with Crippen molar-refractivity contribution in [1.29, 1.82) is 0 Å². The van der Waals surface area contributed by atoms with Crippen LogP contribution in [0.25, 0.3) is 33.0 Å². The third-order valence-corrected chi connectivity index (χ3v) is 9.82. The fraction of sp³-hybridized carbons (Fsp3) is 0.341. The summed E-state index contributed by atoms with van der Waals surface area (Å²) in [5.74, 6) is 0. The van der Waals surface area contributed by atoms with E-state index in [1.807, 2.05) is 6.07 Å². The summed E-state index contributed by atoms with van der Waals surface area (Å²) in [7, 11) is 10.7. The van der Waals surface area contributed by atoms with Gasteiger partial charge in [0.1, 0.15) is 0 Å². The molecule has 45 heavy (non-hydrogen) atoms. The van der Waals surface area contributed by atoms with Gasteiger partial charge in [-0.05, 0) is 39.4 Å². The number of benzene rings is 4. The summed E-state index contributed by atoms with van der Waals surface area (Å²) in [6, 6.07) is 34.9. The van der Waals surface area contributed by atoms with E-state index in [9.17, 15) is 0 Å². The molecule has 0 nitrogen and oxygen atoms in total. The maximum atomic E-state index is 4.93. The van der Waals surface area contributed by atoms with E-state index in [0.29, 0.717) is 0 Å². The van der Waals surface area contributed by atoms with E-state index in [4.69, 9.17) is 17.0 Å². The van der Waals surface area contributed by atoms with Crippen LogP contribution >= 0.6 is 17.0 Å². The van der Waals surface area contributed by atoms with Gasteiger partial charge in [0.15, 0.2) is 0 Å². The Morgan fingerprint density at radius 1 is 0.733 bits per heavy atom. The molecular formula is C41H46Cl2SiZr. The summed E-state index contributed by atoms with van der Waals surface area (Å²) < 4.78 is 0. The van der Waals surface area contributed by atoms with Crippen molar-refractivity contribution >= 4 is 47.7 Å². The Morgan fingerprint density at radius 3 is 1.91 bits per heavy atom. The first kappa shape index (κ1) is 36.0. The fourth-order valence-electron chi connectivity index (χ4n) is 5.85. The van der Waals surface area contributed by atoms with E-state index < -0.39 is 20.8 Å². The minimum Gasteiger partial charge on any atom is -0.184 e. The molecule has 0 atom stereocenters. The molecule has 232 valence electrons. The second-order valence-electron chi connectivity index (χ2n) is 15.0. The van der Waals surface area contributed by atoms with Gasteiger partial charge in [-0.2, -0.15) is 35.5 Å². The second kappa shape index (κ2) is 14.5. The minimum atomic E-state index is -0.826. The maximum absolute atomic E-state index is 4.93. The molecular weight excluding hydrogens is 683 g/mol. The van der Waals surface area contributed by atoms with Crippen molar-refractivity contribution in [2.24, 2.45) is 0 Å². The van der Waals surface area contributed by atoms with Crippen molar-refractivity contribution in [3.63, 3.8) is 0 Å². The second-order valence-corrected chi connectivity index (χ2v) is 20.0. The van der Waals surface area contributed by atoms with Crippen LogP contribution in [-0.2, 0) is 43.5 Å². The Labute approximate surface area is 293 Å². The summed E-state index contributed by atoms with van der Waals surface area (Å²) in [6.45, 7) is 23.2. The van der Waals surface area contributed by atoms with Crippen molar-refractivity contribution in [2.75, 3.05) is 0 Å². The smallest absolute Gasteiger partial charge is 0.0920 e. The van der Waals surface area contributed by atoms with Gasteiger partial charge in [0.05, 0.1) is 9.52 Å². The van der Waals surface area contributed by atoms with Crippen LogP contribution in [0.3, 0.4) is 0 Å². The molecule has 6 rings (SSSR count). The number of hydrogen-bond acceptors (Lipinski definition) is 0. The topological polar surface area (TPSA) is 0 Å². The maximum Gasteiger partial charge on any atom is 0.0920 e. The first-order chi connectivity index (χ1) is 21.1. The molecule has 0 amide bonds. The average Bonchev–Trinajstić information content (AvgIpc) is 3.57.